The molecule has 0 aliphatic carbocycles. The van der Waals surface area contributed by atoms with Gasteiger partial charge in [-0.05, 0) is 6.07 Å². The predicted octanol–water partition coefficient (Wildman–Crippen LogP) is 1.96. The van der Waals surface area contributed by atoms with E-state index in [2.05, 4.69) is 0 Å². The molecule has 0 atom stereocenters. The average Bonchev–Trinajstić information content (AvgIpc) is 2.20. The van der Waals surface area contributed by atoms with Crippen molar-refractivity contribution in [3.63, 3.8) is 0 Å². The van der Waals surface area contributed by atoms with Crippen LogP contribution in [-0.2, 0) is 0 Å². The standard InChI is InChI=1S/C9H8ClFO3/c1-14-5-2-6(8(12)4-10)9(13)7(11)3-5/h2-3,13H,4H2,1H3. The number of aromatic hydroxyl groups is 1. The predicted molar refractivity (Wildman–Crippen MR) is 49.7 cm³/mol. The first-order chi connectivity index (χ1) is 6.60. The molecule has 5 heteroatoms. The summed E-state index contributed by atoms with van der Waals surface area (Å²) in [7, 11) is 1.33. The van der Waals surface area contributed by atoms with Crippen molar-refractivity contribution in [1.29, 1.82) is 0 Å². The number of ketones is 1. The maximum Gasteiger partial charge on any atom is 0.181 e. The molecule has 0 aliphatic rings. The number of phenolic OH excluding ortho intramolecular Hbond substituents is 1. The van der Waals surface area contributed by atoms with Gasteiger partial charge in [0.15, 0.2) is 17.3 Å². The van der Waals surface area contributed by atoms with Crippen molar-refractivity contribution >= 4 is 17.4 Å². The molecule has 0 fully saturated rings. The molecule has 0 amide bonds. The van der Waals surface area contributed by atoms with Crippen LogP contribution in [0, 0.1) is 5.82 Å². The molecule has 0 saturated heterocycles. The number of hydrogen-bond donors (Lipinski definition) is 1. The van der Waals surface area contributed by atoms with Gasteiger partial charge in [0.05, 0.1) is 18.6 Å². The minimum atomic E-state index is -0.905. The van der Waals surface area contributed by atoms with Crippen LogP contribution in [-0.4, -0.2) is 23.9 Å². The topological polar surface area (TPSA) is 46.5 Å². The van der Waals surface area contributed by atoms with Gasteiger partial charge in [-0.25, -0.2) is 4.39 Å². The fourth-order valence-corrected chi connectivity index (χ4v) is 1.12. The molecule has 14 heavy (non-hydrogen) atoms. The van der Waals surface area contributed by atoms with E-state index in [0.717, 1.165) is 6.07 Å². The van der Waals surface area contributed by atoms with Crippen LogP contribution < -0.4 is 4.74 Å². The van der Waals surface area contributed by atoms with Crippen molar-refractivity contribution < 1.29 is 19.0 Å². The van der Waals surface area contributed by atoms with Gasteiger partial charge in [0.25, 0.3) is 0 Å². The van der Waals surface area contributed by atoms with E-state index in [1.807, 2.05) is 0 Å². The lowest BCUT2D eigenvalue weighted by Gasteiger charge is -2.05. The highest BCUT2D eigenvalue weighted by molar-refractivity contribution is 6.30. The smallest absolute Gasteiger partial charge is 0.181 e. The van der Waals surface area contributed by atoms with E-state index in [1.165, 1.54) is 13.2 Å². The van der Waals surface area contributed by atoms with Crippen LogP contribution in [0.15, 0.2) is 12.1 Å². The molecule has 0 aromatic heterocycles. The minimum absolute atomic E-state index is 0.161. The first-order valence-electron chi connectivity index (χ1n) is 3.75. The first kappa shape index (κ1) is 10.8. The van der Waals surface area contributed by atoms with Crippen molar-refractivity contribution in [2.75, 3.05) is 13.0 Å². The van der Waals surface area contributed by atoms with E-state index in [1.54, 1.807) is 0 Å². The number of carbonyl (C=O) groups is 1. The van der Waals surface area contributed by atoms with Crippen molar-refractivity contribution in [1.82, 2.24) is 0 Å². The third-order valence-corrected chi connectivity index (χ3v) is 1.94. The van der Waals surface area contributed by atoms with Gasteiger partial charge in [-0.3, -0.25) is 4.79 Å². The van der Waals surface area contributed by atoms with Crippen molar-refractivity contribution in [3.8, 4) is 11.5 Å². The second-order valence-electron chi connectivity index (χ2n) is 2.56. The number of carbonyl (C=O) groups excluding carboxylic acids is 1. The maximum absolute atomic E-state index is 13.0. The number of rotatable bonds is 3. The van der Waals surface area contributed by atoms with E-state index < -0.39 is 17.3 Å². The molecule has 0 heterocycles. The molecule has 1 rings (SSSR count). The van der Waals surface area contributed by atoms with Gasteiger partial charge in [0, 0.05) is 6.07 Å². The van der Waals surface area contributed by atoms with Gasteiger partial charge < -0.3 is 9.84 Å². The molecule has 76 valence electrons. The lowest BCUT2D eigenvalue weighted by atomic mass is 10.1. The van der Waals surface area contributed by atoms with Gasteiger partial charge >= 0.3 is 0 Å². The fraction of sp³-hybridized carbons (Fsp3) is 0.222. The van der Waals surface area contributed by atoms with E-state index in [4.69, 9.17) is 16.3 Å². The summed E-state index contributed by atoms with van der Waals surface area (Å²) in [6, 6.07) is 2.23. The largest absolute Gasteiger partial charge is 0.504 e. The molecule has 0 bridgehead atoms. The van der Waals surface area contributed by atoms with Crippen LogP contribution in [0.2, 0.25) is 0 Å². The number of alkyl halides is 1. The highest BCUT2D eigenvalue weighted by atomic mass is 35.5. The van der Waals surface area contributed by atoms with Crippen molar-refractivity contribution in [3.05, 3.63) is 23.5 Å². The van der Waals surface area contributed by atoms with Crippen LogP contribution in [0.1, 0.15) is 10.4 Å². The van der Waals surface area contributed by atoms with Crippen LogP contribution in [0.25, 0.3) is 0 Å². The Morgan fingerprint density at radius 2 is 2.29 bits per heavy atom. The lowest BCUT2D eigenvalue weighted by Crippen LogP contribution is -2.02. The summed E-state index contributed by atoms with van der Waals surface area (Å²) in [5.41, 5.74) is -0.170. The zero-order valence-electron chi connectivity index (χ0n) is 7.38. The van der Waals surface area contributed by atoms with E-state index in [0.29, 0.717) is 0 Å². The Hall–Kier alpha value is -1.29. The second-order valence-corrected chi connectivity index (χ2v) is 2.83. The molecule has 1 N–H and O–H groups in total. The van der Waals surface area contributed by atoms with Crippen LogP contribution in [0.3, 0.4) is 0 Å². The zero-order valence-corrected chi connectivity index (χ0v) is 8.14. The van der Waals surface area contributed by atoms with E-state index in [9.17, 15) is 14.3 Å². The molecular weight excluding hydrogens is 211 g/mol. The number of ether oxygens (including phenoxy) is 1. The number of halogens is 2. The first-order valence-corrected chi connectivity index (χ1v) is 4.29. The Morgan fingerprint density at radius 1 is 1.64 bits per heavy atom. The Bertz CT molecular complexity index is 365. The van der Waals surface area contributed by atoms with Gasteiger partial charge in [0.1, 0.15) is 5.75 Å². The lowest BCUT2D eigenvalue weighted by molar-refractivity contribution is 0.101. The summed E-state index contributed by atoms with van der Waals surface area (Å²) in [6.45, 7) is 0. The van der Waals surface area contributed by atoms with Crippen LogP contribution >= 0.6 is 11.6 Å². The maximum atomic E-state index is 13.0. The molecule has 0 aliphatic heterocycles. The monoisotopic (exact) mass is 218 g/mol. The number of benzene rings is 1. The van der Waals surface area contributed by atoms with Gasteiger partial charge in [-0.15, -0.1) is 11.6 Å². The number of phenols is 1. The minimum Gasteiger partial charge on any atom is -0.504 e. The fourth-order valence-electron chi connectivity index (χ4n) is 0.977. The summed E-state index contributed by atoms with van der Waals surface area (Å²) < 4.78 is 17.7. The summed E-state index contributed by atoms with van der Waals surface area (Å²) in [5, 5.41) is 9.21. The third kappa shape index (κ3) is 1.96. The molecule has 3 nitrogen and oxygen atoms in total. The highest BCUT2D eigenvalue weighted by Gasteiger charge is 2.15. The number of methoxy groups -OCH3 is 1. The molecule has 1 aromatic carbocycles. The van der Waals surface area contributed by atoms with Gasteiger partial charge in [0.2, 0.25) is 0 Å². The Labute approximate surface area is 85.1 Å². The Balaban J connectivity index is 3.27. The quantitative estimate of drug-likeness (QED) is 0.623. The average molecular weight is 219 g/mol. The normalized spacial score (nSPS) is 9.93. The highest BCUT2D eigenvalue weighted by Crippen LogP contribution is 2.27. The molecule has 0 saturated carbocycles. The summed E-state index contributed by atoms with van der Waals surface area (Å²) in [6.07, 6.45) is 0. The van der Waals surface area contributed by atoms with Crippen molar-refractivity contribution in [2.24, 2.45) is 0 Å². The molecule has 0 spiro atoms. The Kier molecular flexibility index (Phi) is 3.30. The molecular formula is C9H8ClFO3. The van der Waals surface area contributed by atoms with E-state index in [-0.39, 0.29) is 17.2 Å². The van der Waals surface area contributed by atoms with Crippen molar-refractivity contribution in [2.45, 2.75) is 0 Å². The second kappa shape index (κ2) is 4.28. The zero-order chi connectivity index (χ0) is 10.7. The molecule has 0 radical (unpaired) electrons. The van der Waals surface area contributed by atoms with Crippen LogP contribution in [0.4, 0.5) is 4.39 Å². The van der Waals surface area contributed by atoms with Gasteiger partial charge in [-0.2, -0.15) is 0 Å². The third-order valence-electron chi connectivity index (χ3n) is 1.69. The van der Waals surface area contributed by atoms with Gasteiger partial charge in [-0.1, -0.05) is 0 Å². The molecule has 0 unspecified atom stereocenters. The van der Waals surface area contributed by atoms with Crippen LogP contribution in [0.5, 0.6) is 11.5 Å². The molecule has 1 aromatic rings. The Morgan fingerprint density at radius 3 is 2.79 bits per heavy atom. The summed E-state index contributed by atoms with van der Waals surface area (Å²) in [5.74, 6) is -2.31. The summed E-state index contributed by atoms with van der Waals surface area (Å²) in [4.78, 5) is 11.1. The SMILES string of the molecule is COc1cc(F)c(O)c(C(=O)CCl)c1. The number of Topliss-reactive ketones (excluding diaryl/α,β-unsaturated/α-hetero) is 1. The van der Waals surface area contributed by atoms with E-state index >= 15 is 0 Å². The number of hydrogen-bond acceptors (Lipinski definition) is 3. The summed E-state index contributed by atoms with van der Waals surface area (Å²) >= 11 is 5.28.